The molecule has 0 saturated heterocycles. The highest BCUT2D eigenvalue weighted by atomic mass is 32.1. The van der Waals surface area contributed by atoms with Crippen LogP contribution in [0, 0.1) is 5.92 Å². The number of nitrogens with one attached hydrogen (secondary N) is 1. The summed E-state index contributed by atoms with van der Waals surface area (Å²) in [4.78, 5) is 17.2. The lowest BCUT2D eigenvalue weighted by Crippen LogP contribution is -2.31. The van der Waals surface area contributed by atoms with Crippen molar-refractivity contribution in [1.82, 2.24) is 10.3 Å². The zero-order chi connectivity index (χ0) is 13.7. The molecule has 0 saturated carbocycles. The maximum atomic E-state index is 11.7. The van der Waals surface area contributed by atoms with Crippen molar-refractivity contribution in [2.24, 2.45) is 5.92 Å². The number of hydrogen-bond acceptors (Lipinski definition) is 4. The molecular weight excluding hydrogens is 248 g/mol. The standard InChI is InChI=1S/C13H22N2O2S/c1-5-10-7-14-13(18-10)9(4)15-12(17)6-11(16)8(2)3/h7-9,11,16H,5-6H2,1-4H3,(H,15,17). The van der Waals surface area contributed by atoms with Gasteiger partial charge in [-0.05, 0) is 19.3 Å². The molecule has 0 fully saturated rings. The van der Waals surface area contributed by atoms with Crippen LogP contribution < -0.4 is 5.32 Å². The van der Waals surface area contributed by atoms with Crippen LogP contribution in [0.25, 0.3) is 0 Å². The minimum absolute atomic E-state index is 0.0950. The van der Waals surface area contributed by atoms with Gasteiger partial charge < -0.3 is 10.4 Å². The lowest BCUT2D eigenvalue weighted by Gasteiger charge is -2.16. The van der Waals surface area contributed by atoms with Gasteiger partial charge in [-0.15, -0.1) is 11.3 Å². The maximum Gasteiger partial charge on any atom is 0.223 e. The third-order valence-corrected chi connectivity index (χ3v) is 4.16. The molecule has 4 nitrogen and oxygen atoms in total. The molecule has 2 N–H and O–H groups in total. The second-order valence-corrected chi connectivity index (χ2v) is 5.97. The van der Waals surface area contributed by atoms with E-state index >= 15 is 0 Å². The molecule has 1 heterocycles. The molecule has 2 atom stereocenters. The predicted molar refractivity (Wildman–Crippen MR) is 73.5 cm³/mol. The molecule has 5 heteroatoms. The Hall–Kier alpha value is -0.940. The van der Waals surface area contributed by atoms with Crippen molar-refractivity contribution in [2.45, 2.75) is 52.7 Å². The summed E-state index contributed by atoms with van der Waals surface area (Å²) < 4.78 is 0. The zero-order valence-electron chi connectivity index (χ0n) is 11.4. The summed E-state index contributed by atoms with van der Waals surface area (Å²) in [5.74, 6) is -0.0328. The van der Waals surface area contributed by atoms with E-state index in [1.165, 1.54) is 4.88 Å². The van der Waals surface area contributed by atoms with Gasteiger partial charge in [0.1, 0.15) is 5.01 Å². The number of carbonyl (C=O) groups is 1. The average Bonchev–Trinajstić information content (AvgIpc) is 2.76. The van der Waals surface area contributed by atoms with Gasteiger partial charge in [-0.25, -0.2) is 4.98 Å². The molecule has 0 spiro atoms. The second-order valence-electron chi connectivity index (χ2n) is 4.82. The van der Waals surface area contributed by atoms with Crippen molar-refractivity contribution in [3.8, 4) is 0 Å². The predicted octanol–water partition coefficient (Wildman–Crippen LogP) is 2.29. The van der Waals surface area contributed by atoms with E-state index < -0.39 is 6.10 Å². The van der Waals surface area contributed by atoms with E-state index in [-0.39, 0.29) is 24.3 Å². The van der Waals surface area contributed by atoms with E-state index in [1.807, 2.05) is 27.0 Å². The number of carbonyl (C=O) groups excluding carboxylic acids is 1. The smallest absolute Gasteiger partial charge is 0.223 e. The number of hydrogen-bond donors (Lipinski definition) is 2. The van der Waals surface area contributed by atoms with Crippen LogP contribution in [-0.2, 0) is 11.2 Å². The lowest BCUT2D eigenvalue weighted by molar-refractivity contribution is -0.124. The van der Waals surface area contributed by atoms with Crippen LogP contribution >= 0.6 is 11.3 Å². The Morgan fingerprint density at radius 3 is 2.67 bits per heavy atom. The zero-order valence-corrected chi connectivity index (χ0v) is 12.3. The Morgan fingerprint density at radius 1 is 1.50 bits per heavy atom. The Bertz CT molecular complexity index is 390. The number of aryl methyl sites for hydroxylation is 1. The molecule has 18 heavy (non-hydrogen) atoms. The van der Waals surface area contributed by atoms with Crippen molar-refractivity contribution in [3.63, 3.8) is 0 Å². The molecule has 0 radical (unpaired) electrons. The van der Waals surface area contributed by atoms with Gasteiger partial charge in [0.15, 0.2) is 0 Å². The van der Waals surface area contributed by atoms with Crippen LogP contribution in [0.3, 0.4) is 0 Å². The van der Waals surface area contributed by atoms with E-state index in [4.69, 9.17) is 0 Å². The largest absolute Gasteiger partial charge is 0.392 e. The Kier molecular flexibility index (Phi) is 5.75. The number of aliphatic hydroxyl groups is 1. The van der Waals surface area contributed by atoms with Crippen LogP contribution in [0.1, 0.15) is 50.0 Å². The third-order valence-electron chi connectivity index (χ3n) is 2.83. The highest BCUT2D eigenvalue weighted by Crippen LogP contribution is 2.20. The molecule has 0 aliphatic rings. The number of thiazole rings is 1. The van der Waals surface area contributed by atoms with Gasteiger partial charge in [0.25, 0.3) is 0 Å². The molecular formula is C13H22N2O2S. The van der Waals surface area contributed by atoms with E-state index in [2.05, 4.69) is 17.2 Å². The molecule has 1 aromatic rings. The van der Waals surface area contributed by atoms with Gasteiger partial charge in [-0.2, -0.15) is 0 Å². The number of nitrogens with zero attached hydrogens (tertiary/aromatic N) is 1. The van der Waals surface area contributed by atoms with Crippen molar-refractivity contribution in [2.75, 3.05) is 0 Å². The lowest BCUT2D eigenvalue weighted by atomic mass is 10.0. The van der Waals surface area contributed by atoms with Crippen molar-refractivity contribution >= 4 is 17.2 Å². The quantitative estimate of drug-likeness (QED) is 0.833. The topological polar surface area (TPSA) is 62.2 Å². The van der Waals surface area contributed by atoms with Crippen LogP contribution in [0.5, 0.6) is 0 Å². The third kappa shape index (κ3) is 4.38. The SMILES string of the molecule is CCc1cnc(C(C)NC(=O)CC(O)C(C)C)s1. The summed E-state index contributed by atoms with van der Waals surface area (Å²) in [6.07, 6.45) is 2.38. The van der Waals surface area contributed by atoms with Crippen LogP contribution in [0.2, 0.25) is 0 Å². The second kappa shape index (κ2) is 6.85. The number of aromatic nitrogens is 1. The van der Waals surface area contributed by atoms with Gasteiger partial charge >= 0.3 is 0 Å². The van der Waals surface area contributed by atoms with Crippen molar-refractivity contribution in [3.05, 3.63) is 16.1 Å². The van der Waals surface area contributed by atoms with E-state index in [9.17, 15) is 9.90 Å². The molecule has 102 valence electrons. The first-order valence-corrected chi connectivity index (χ1v) is 7.17. The van der Waals surface area contributed by atoms with Crippen LogP contribution in [0.4, 0.5) is 0 Å². The first-order chi connectivity index (χ1) is 8.43. The summed E-state index contributed by atoms with van der Waals surface area (Å²) >= 11 is 1.62. The molecule has 1 amide bonds. The first kappa shape index (κ1) is 15.1. The van der Waals surface area contributed by atoms with E-state index in [1.54, 1.807) is 11.3 Å². The number of rotatable bonds is 6. The van der Waals surface area contributed by atoms with Crippen LogP contribution in [0.15, 0.2) is 6.20 Å². The van der Waals surface area contributed by atoms with E-state index in [0.29, 0.717) is 0 Å². The Labute approximate surface area is 112 Å². The fourth-order valence-electron chi connectivity index (χ4n) is 1.47. The van der Waals surface area contributed by atoms with Crippen molar-refractivity contribution in [1.29, 1.82) is 0 Å². The van der Waals surface area contributed by atoms with Gasteiger partial charge in [0, 0.05) is 11.1 Å². The van der Waals surface area contributed by atoms with Gasteiger partial charge in [0.05, 0.1) is 18.6 Å². The molecule has 1 aromatic heterocycles. The van der Waals surface area contributed by atoms with Crippen molar-refractivity contribution < 1.29 is 9.90 Å². The minimum Gasteiger partial charge on any atom is -0.392 e. The van der Waals surface area contributed by atoms with Gasteiger partial charge in [0.2, 0.25) is 5.91 Å². The molecule has 0 aromatic carbocycles. The monoisotopic (exact) mass is 270 g/mol. The van der Waals surface area contributed by atoms with Gasteiger partial charge in [-0.1, -0.05) is 20.8 Å². The Balaban J connectivity index is 2.49. The highest BCUT2D eigenvalue weighted by molar-refractivity contribution is 7.11. The van der Waals surface area contributed by atoms with E-state index in [0.717, 1.165) is 11.4 Å². The fraction of sp³-hybridized carbons (Fsp3) is 0.692. The molecule has 0 aliphatic carbocycles. The average molecular weight is 270 g/mol. The molecule has 2 unspecified atom stereocenters. The maximum absolute atomic E-state index is 11.7. The molecule has 0 bridgehead atoms. The summed E-state index contributed by atoms with van der Waals surface area (Å²) in [7, 11) is 0. The van der Waals surface area contributed by atoms with Gasteiger partial charge in [-0.3, -0.25) is 4.79 Å². The minimum atomic E-state index is -0.584. The molecule has 0 aliphatic heterocycles. The first-order valence-electron chi connectivity index (χ1n) is 6.36. The summed E-state index contributed by atoms with van der Waals surface area (Å²) in [5, 5.41) is 13.4. The summed E-state index contributed by atoms with van der Waals surface area (Å²) in [5.41, 5.74) is 0. The number of aliphatic hydroxyl groups excluding tert-OH is 1. The summed E-state index contributed by atoms with van der Waals surface area (Å²) in [6, 6.07) is -0.0952. The highest BCUT2D eigenvalue weighted by Gasteiger charge is 2.17. The summed E-state index contributed by atoms with van der Waals surface area (Å²) in [6.45, 7) is 7.79. The van der Waals surface area contributed by atoms with Crippen LogP contribution in [-0.4, -0.2) is 22.1 Å². The molecule has 1 rings (SSSR count). The normalized spacial score (nSPS) is 14.6. The fourth-order valence-corrected chi connectivity index (χ4v) is 2.33. The Morgan fingerprint density at radius 2 is 2.17 bits per heavy atom. The number of amides is 1.